The second-order valence-corrected chi connectivity index (χ2v) is 4.67. The summed E-state index contributed by atoms with van der Waals surface area (Å²) >= 11 is 0. The Morgan fingerprint density at radius 2 is 2.33 bits per heavy atom. The average Bonchev–Trinajstić information content (AvgIpc) is 2.66. The van der Waals surface area contributed by atoms with Crippen molar-refractivity contribution in [1.82, 2.24) is 10.5 Å². The summed E-state index contributed by atoms with van der Waals surface area (Å²) < 4.78 is 5.06. The molecule has 2 unspecified atom stereocenters. The molecule has 0 aliphatic heterocycles. The molecule has 84 valence electrons. The van der Waals surface area contributed by atoms with Crippen LogP contribution in [0.3, 0.4) is 0 Å². The molecule has 2 atom stereocenters. The minimum absolute atomic E-state index is 0.667. The summed E-state index contributed by atoms with van der Waals surface area (Å²) in [6, 6.07) is 2.59. The summed E-state index contributed by atoms with van der Waals surface area (Å²) in [5.41, 5.74) is 0. The van der Waals surface area contributed by atoms with Gasteiger partial charge in [0.05, 0.1) is 12.7 Å². The van der Waals surface area contributed by atoms with Gasteiger partial charge in [-0.2, -0.15) is 0 Å². The lowest BCUT2D eigenvalue weighted by atomic mass is 10.0. The first-order valence-electron chi connectivity index (χ1n) is 5.97. The van der Waals surface area contributed by atoms with Crippen LogP contribution >= 0.6 is 0 Å². The van der Waals surface area contributed by atoms with Crippen molar-refractivity contribution in [1.29, 1.82) is 0 Å². The second-order valence-electron chi connectivity index (χ2n) is 4.67. The van der Waals surface area contributed by atoms with Gasteiger partial charge < -0.3 is 9.84 Å². The lowest BCUT2D eigenvalue weighted by Crippen LogP contribution is -2.27. The summed E-state index contributed by atoms with van der Waals surface area (Å²) in [7, 11) is 0. The number of hydrogen-bond donors (Lipinski definition) is 1. The molecular formula is C12H20N2O. The van der Waals surface area contributed by atoms with E-state index in [4.69, 9.17) is 4.52 Å². The van der Waals surface area contributed by atoms with Gasteiger partial charge >= 0.3 is 0 Å². The molecule has 0 saturated heterocycles. The van der Waals surface area contributed by atoms with Crippen molar-refractivity contribution in [3.63, 3.8) is 0 Å². The van der Waals surface area contributed by atoms with Gasteiger partial charge in [0.2, 0.25) is 0 Å². The standard InChI is InChI=1S/C12H20N2O/c1-10-3-2-4-11(6-5-10)13-9-12-7-8-14-15-12/h7-8,10-11,13H,2-6,9H2,1H3. The molecule has 2 rings (SSSR count). The number of hydrogen-bond acceptors (Lipinski definition) is 3. The Kier molecular flexibility index (Phi) is 3.78. The van der Waals surface area contributed by atoms with Gasteiger partial charge in [-0.1, -0.05) is 24.9 Å². The zero-order valence-corrected chi connectivity index (χ0v) is 9.41. The highest BCUT2D eigenvalue weighted by Gasteiger charge is 2.15. The number of aromatic nitrogens is 1. The van der Waals surface area contributed by atoms with Crippen molar-refractivity contribution in [2.24, 2.45) is 5.92 Å². The Hall–Kier alpha value is -0.830. The van der Waals surface area contributed by atoms with E-state index >= 15 is 0 Å². The van der Waals surface area contributed by atoms with E-state index in [1.165, 1.54) is 32.1 Å². The molecule has 0 bridgehead atoms. The van der Waals surface area contributed by atoms with Gasteiger partial charge in [-0.3, -0.25) is 0 Å². The quantitative estimate of drug-likeness (QED) is 0.776. The fourth-order valence-corrected chi connectivity index (χ4v) is 2.27. The molecular weight excluding hydrogens is 188 g/mol. The van der Waals surface area contributed by atoms with Crippen LogP contribution in [0.2, 0.25) is 0 Å². The summed E-state index contributed by atoms with van der Waals surface area (Å²) in [5, 5.41) is 7.25. The molecule has 1 aliphatic rings. The first kappa shape index (κ1) is 10.7. The summed E-state index contributed by atoms with van der Waals surface area (Å²) in [6.45, 7) is 3.18. The molecule has 3 heteroatoms. The lowest BCUT2D eigenvalue weighted by Gasteiger charge is -2.14. The van der Waals surface area contributed by atoms with Gasteiger partial charge in [0.25, 0.3) is 0 Å². The molecule has 3 nitrogen and oxygen atoms in total. The molecule has 0 amide bonds. The minimum atomic E-state index is 0.667. The molecule has 0 aromatic carbocycles. The van der Waals surface area contributed by atoms with Gasteiger partial charge in [0, 0.05) is 12.1 Å². The highest BCUT2D eigenvalue weighted by Crippen LogP contribution is 2.22. The Morgan fingerprint density at radius 3 is 3.13 bits per heavy atom. The average molecular weight is 208 g/mol. The normalized spacial score (nSPS) is 27.5. The van der Waals surface area contributed by atoms with Crippen LogP contribution in [0, 0.1) is 5.92 Å². The third-order valence-electron chi connectivity index (χ3n) is 3.31. The first-order valence-corrected chi connectivity index (χ1v) is 5.97. The zero-order chi connectivity index (χ0) is 10.5. The number of rotatable bonds is 3. The maximum atomic E-state index is 5.06. The van der Waals surface area contributed by atoms with Crippen LogP contribution in [0.15, 0.2) is 16.8 Å². The largest absolute Gasteiger partial charge is 0.360 e. The Balaban J connectivity index is 1.74. The van der Waals surface area contributed by atoms with E-state index in [1.807, 2.05) is 6.07 Å². The van der Waals surface area contributed by atoms with Gasteiger partial charge in [-0.25, -0.2) is 0 Å². The van der Waals surface area contributed by atoms with Crippen LogP contribution in [0.5, 0.6) is 0 Å². The summed E-state index contributed by atoms with van der Waals surface area (Å²) in [5.74, 6) is 1.84. The van der Waals surface area contributed by atoms with Crippen LogP contribution in [0.1, 0.15) is 44.8 Å². The molecule has 1 heterocycles. The third kappa shape index (κ3) is 3.34. The monoisotopic (exact) mass is 208 g/mol. The van der Waals surface area contributed by atoms with Gasteiger partial charge in [0.15, 0.2) is 0 Å². The Bertz CT molecular complexity index is 271. The predicted molar refractivity (Wildman–Crippen MR) is 59.4 cm³/mol. The molecule has 0 spiro atoms. The number of nitrogens with one attached hydrogen (secondary N) is 1. The predicted octanol–water partition coefficient (Wildman–Crippen LogP) is 2.73. The highest BCUT2D eigenvalue weighted by molar-refractivity contribution is 4.92. The SMILES string of the molecule is CC1CCCC(NCc2ccno2)CC1. The maximum Gasteiger partial charge on any atom is 0.150 e. The first-order chi connectivity index (χ1) is 7.34. The Morgan fingerprint density at radius 1 is 1.40 bits per heavy atom. The van der Waals surface area contributed by atoms with Crippen LogP contribution in [-0.2, 0) is 6.54 Å². The van der Waals surface area contributed by atoms with Crippen LogP contribution in [0.4, 0.5) is 0 Å². The van der Waals surface area contributed by atoms with E-state index < -0.39 is 0 Å². The van der Waals surface area contributed by atoms with Crippen molar-refractivity contribution in [3.05, 3.63) is 18.0 Å². The molecule has 0 radical (unpaired) electrons. The van der Waals surface area contributed by atoms with E-state index in [-0.39, 0.29) is 0 Å². The zero-order valence-electron chi connectivity index (χ0n) is 9.41. The molecule has 1 saturated carbocycles. The van der Waals surface area contributed by atoms with Crippen molar-refractivity contribution in [2.75, 3.05) is 0 Å². The fraction of sp³-hybridized carbons (Fsp3) is 0.750. The second kappa shape index (κ2) is 5.31. The molecule has 1 aromatic rings. The maximum absolute atomic E-state index is 5.06. The molecule has 1 aliphatic carbocycles. The van der Waals surface area contributed by atoms with Crippen LogP contribution in [-0.4, -0.2) is 11.2 Å². The van der Waals surface area contributed by atoms with Gasteiger partial charge in [-0.15, -0.1) is 0 Å². The minimum Gasteiger partial charge on any atom is -0.360 e. The van der Waals surface area contributed by atoms with Gasteiger partial charge in [-0.05, 0) is 25.2 Å². The van der Waals surface area contributed by atoms with E-state index in [0.29, 0.717) is 6.04 Å². The third-order valence-corrected chi connectivity index (χ3v) is 3.31. The summed E-state index contributed by atoms with van der Waals surface area (Å²) in [4.78, 5) is 0. The molecule has 1 aromatic heterocycles. The lowest BCUT2D eigenvalue weighted by molar-refractivity contribution is 0.354. The van der Waals surface area contributed by atoms with Crippen molar-refractivity contribution in [3.8, 4) is 0 Å². The van der Waals surface area contributed by atoms with E-state index in [0.717, 1.165) is 18.2 Å². The molecule has 15 heavy (non-hydrogen) atoms. The number of nitrogens with zero attached hydrogens (tertiary/aromatic N) is 1. The van der Waals surface area contributed by atoms with Crippen molar-refractivity contribution >= 4 is 0 Å². The topological polar surface area (TPSA) is 38.1 Å². The Labute approximate surface area is 91.2 Å². The van der Waals surface area contributed by atoms with Crippen molar-refractivity contribution < 1.29 is 4.52 Å². The highest BCUT2D eigenvalue weighted by atomic mass is 16.5. The molecule has 1 N–H and O–H groups in total. The van der Waals surface area contributed by atoms with Crippen molar-refractivity contribution in [2.45, 2.75) is 51.6 Å². The van der Waals surface area contributed by atoms with Crippen LogP contribution < -0.4 is 5.32 Å². The smallest absolute Gasteiger partial charge is 0.150 e. The molecule has 1 fully saturated rings. The van der Waals surface area contributed by atoms with E-state index in [2.05, 4.69) is 17.4 Å². The van der Waals surface area contributed by atoms with E-state index in [9.17, 15) is 0 Å². The fourth-order valence-electron chi connectivity index (χ4n) is 2.27. The van der Waals surface area contributed by atoms with Gasteiger partial charge in [0.1, 0.15) is 5.76 Å². The van der Waals surface area contributed by atoms with E-state index in [1.54, 1.807) is 6.20 Å². The summed E-state index contributed by atoms with van der Waals surface area (Å²) in [6.07, 6.45) is 8.41. The van der Waals surface area contributed by atoms with Crippen LogP contribution in [0.25, 0.3) is 0 Å².